The van der Waals surface area contributed by atoms with E-state index >= 15 is 0 Å². The van der Waals surface area contributed by atoms with Crippen LogP contribution in [0.1, 0.15) is 75.5 Å². The van der Waals surface area contributed by atoms with Crippen molar-refractivity contribution in [2.24, 2.45) is 5.92 Å². The van der Waals surface area contributed by atoms with E-state index < -0.39 is 52.4 Å². The van der Waals surface area contributed by atoms with Gasteiger partial charge in [-0.3, -0.25) is 0 Å². The van der Waals surface area contributed by atoms with Gasteiger partial charge >= 0.3 is 12.3 Å². The van der Waals surface area contributed by atoms with Gasteiger partial charge in [-0.05, 0) is 55.2 Å². The number of hydrogen-bond donors (Lipinski definition) is 0. The summed E-state index contributed by atoms with van der Waals surface area (Å²) in [5.41, 5.74) is -3.88. The van der Waals surface area contributed by atoms with E-state index in [1.807, 2.05) is 0 Å². The Morgan fingerprint density at radius 1 is 0.765 bits per heavy atom. The van der Waals surface area contributed by atoms with Gasteiger partial charge < -0.3 is 4.74 Å². The molecule has 10 heteroatoms. The summed E-state index contributed by atoms with van der Waals surface area (Å²) < 4.78 is 127. The number of ether oxygens (including phenoxy) is 1. The highest BCUT2D eigenvalue weighted by atomic mass is 19.4. The Kier molecular flexibility index (Phi) is 8.58. The zero-order chi connectivity index (χ0) is 24.6. The number of halogens is 9. The predicted octanol–water partition coefficient (Wildman–Crippen LogP) is 9.10. The average Bonchev–Trinajstić information content (AvgIpc) is 2.65. The van der Waals surface area contributed by atoms with Gasteiger partial charge in [-0.1, -0.05) is 27.2 Å². The van der Waals surface area contributed by atoms with Gasteiger partial charge in [-0.2, -0.15) is 22.0 Å². The van der Waals surface area contributed by atoms with E-state index in [2.05, 4.69) is 11.7 Å². The first kappa shape index (κ1) is 27.9. The predicted molar refractivity (Wildman–Crippen MR) is 109 cm³/mol. The summed E-state index contributed by atoms with van der Waals surface area (Å²) in [5, 5.41) is 0. The highest BCUT2D eigenvalue weighted by Gasteiger charge is 2.43. The van der Waals surface area contributed by atoms with Gasteiger partial charge in [0.05, 0.1) is 0 Å². The monoisotopic (exact) mass is 500 g/mol. The van der Waals surface area contributed by atoms with Crippen molar-refractivity contribution in [1.82, 2.24) is 0 Å². The summed E-state index contributed by atoms with van der Waals surface area (Å²) in [7, 11) is 0. The maximum Gasteiger partial charge on any atom is 0.432 e. The molecule has 190 valence electrons. The zero-order valence-electron chi connectivity index (χ0n) is 17.5. The fourth-order valence-electron chi connectivity index (χ4n) is 4.38. The second-order valence-corrected chi connectivity index (χ2v) is 8.24. The molecule has 0 bridgehead atoms. The Morgan fingerprint density at radius 2 is 1.24 bits per heavy atom. The summed E-state index contributed by atoms with van der Waals surface area (Å²) in [4.78, 5) is 0. The molecule has 1 fully saturated rings. The van der Waals surface area contributed by atoms with E-state index in [4.69, 9.17) is 0 Å². The highest BCUT2D eigenvalue weighted by Crippen LogP contribution is 2.42. The molecule has 0 atom stereocenters. The van der Waals surface area contributed by atoms with Crippen LogP contribution in [0.25, 0.3) is 0 Å². The van der Waals surface area contributed by atoms with Gasteiger partial charge in [0.2, 0.25) is 0 Å². The molecule has 0 saturated heterocycles. The van der Waals surface area contributed by atoms with Crippen LogP contribution in [-0.4, -0.2) is 0 Å². The van der Waals surface area contributed by atoms with Gasteiger partial charge in [0, 0.05) is 12.1 Å². The summed E-state index contributed by atoms with van der Waals surface area (Å²) in [6, 6.07) is 1.29. The Bertz CT molecular complexity index is 946. The number of rotatable bonds is 6. The Morgan fingerprint density at radius 3 is 1.68 bits per heavy atom. The molecule has 1 saturated carbocycles. The van der Waals surface area contributed by atoms with Gasteiger partial charge in [-0.15, -0.1) is 0 Å². The third-order valence-electron chi connectivity index (χ3n) is 5.92. The van der Waals surface area contributed by atoms with Crippen LogP contribution in [-0.2, 0) is 12.3 Å². The van der Waals surface area contributed by atoms with Crippen molar-refractivity contribution in [3.8, 4) is 5.75 Å². The van der Waals surface area contributed by atoms with Crippen molar-refractivity contribution >= 4 is 0 Å². The molecule has 1 aliphatic carbocycles. The molecule has 0 aliphatic heterocycles. The summed E-state index contributed by atoms with van der Waals surface area (Å²) in [6.07, 6.45) is -5.08. The van der Waals surface area contributed by atoms with E-state index in [-0.39, 0.29) is 31.0 Å². The molecule has 34 heavy (non-hydrogen) atoms. The van der Waals surface area contributed by atoms with Crippen LogP contribution in [0.15, 0.2) is 24.3 Å². The van der Waals surface area contributed by atoms with Crippen LogP contribution in [0.2, 0.25) is 0 Å². The third kappa shape index (κ3) is 5.99. The van der Waals surface area contributed by atoms with Gasteiger partial charge in [0.1, 0.15) is 40.1 Å². The maximum absolute atomic E-state index is 14.5. The first-order chi connectivity index (χ1) is 15.3. The molecule has 0 spiro atoms. The summed E-state index contributed by atoms with van der Waals surface area (Å²) in [6.45, 7) is 2.06. The highest BCUT2D eigenvalue weighted by molar-refractivity contribution is 5.35. The lowest BCUT2D eigenvalue weighted by Crippen LogP contribution is -2.26. The van der Waals surface area contributed by atoms with E-state index in [0.29, 0.717) is 18.8 Å². The number of hydrogen-bond acceptors (Lipinski definition) is 1. The fraction of sp³-hybridized carbons (Fsp3) is 0.500. The molecule has 0 radical (unpaired) electrons. The standard InChI is InChI=1S/C23H21F9O.CH4/c1-2-3-12-4-6-13(7-5-12)14-8-16(24)21(17(25)9-14)23(31,32)33-15-10-18(26)20(19(27)11-15)22(28,29)30;/h8-13H,2-7H2,1H3;1H4. The van der Waals surface area contributed by atoms with Crippen molar-refractivity contribution in [2.75, 3.05) is 0 Å². The van der Waals surface area contributed by atoms with Gasteiger partial charge in [-0.25, -0.2) is 17.6 Å². The number of benzene rings is 2. The van der Waals surface area contributed by atoms with Crippen molar-refractivity contribution in [1.29, 1.82) is 0 Å². The maximum atomic E-state index is 14.5. The fourth-order valence-corrected chi connectivity index (χ4v) is 4.38. The molecule has 0 unspecified atom stereocenters. The largest absolute Gasteiger partial charge is 0.432 e. The van der Waals surface area contributed by atoms with Crippen LogP contribution in [0.4, 0.5) is 39.5 Å². The molecular weight excluding hydrogens is 475 g/mol. The first-order valence-electron chi connectivity index (χ1n) is 10.5. The molecule has 3 rings (SSSR count). The Hall–Kier alpha value is -2.39. The van der Waals surface area contributed by atoms with Crippen molar-refractivity contribution in [3.63, 3.8) is 0 Å². The molecule has 2 aromatic carbocycles. The molecule has 1 aliphatic rings. The quantitative estimate of drug-likeness (QED) is 0.360. The average molecular weight is 500 g/mol. The van der Waals surface area contributed by atoms with E-state index in [0.717, 1.165) is 37.8 Å². The second kappa shape index (κ2) is 10.5. The molecule has 0 N–H and O–H groups in total. The lowest BCUT2D eigenvalue weighted by Gasteiger charge is -2.29. The normalized spacial score (nSPS) is 19.0. The molecular formula is C24H25F9O. The molecule has 1 nitrogen and oxygen atoms in total. The van der Waals surface area contributed by atoms with E-state index in [1.54, 1.807) is 0 Å². The third-order valence-corrected chi connectivity index (χ3v) is 5.92. The molecule has 0 amide bonds. The summed E-state index contributed by atoms with van der Waals surface area (Å²) >= 11 is 0. The minimum absolute atomic E-state index is 0. The minimum atomic E-state index is -5.42. The van der Waals surface area contributed by atoms with Crippen molar-refractivity contribution in [2.45, 2.75) is 71.1 Å². The smallest absolute Gasteiger partial charge is 0.429 e. The molecule has 2 aromatic rings. The van der Waals surface area contributed by atoms with Crippen molar-refractivity contribution in [3.05, 3.63) is 64.2 Å². The lowest BCUT2D eigenvalue weighted by atomic mass is 9.77. The topological polar surface area (TPSA) is 9.23 Å². The van der Waals surface area contributed by atoms with Crippen LogP contribution in [0.3, 0.4) is 0 Å². The SMILES string of the molecule is C.CCCC1CCC(c2cc(F)c(C(F)(F)Oc3cc(F)c(C(F)(F)F)c(F)c3)c(F)c2)CC1. The Balaban J connectivity index is 0.00000408. The van der Waals surface area contributed by atoms with Gasteiger partial charge in [0.15, 0.2) is 0 Å². The van der Waals surface area contributed by atoms with Gasteiger partial charge in [0.25, 0.3) is 0 Å². The summed E-state index contributed by atoms with van der Waals surface area (Å²) in [5.74, 6) is -8.71. The second-order valence-electron chi connectivity index (χ2n) is 8.24. The first-order valence-corrected chi connectivity index (χ1v) is 10.5. The van der Waals surface area contributed by atoms with Crippen molar-refractivity contribution < 1.29 is 44.3 Å². The molecule has 0 heterocycles. The lowest BCUT2D eigenvalue weighted by molar-refractivity contribution is -0.189. The van der Waals surface area contributed by atoms with Crippen LogP contribution < -0.4 is 4.74 Å². The van der Waals surface area contributed by atoms with Crippen LogP contribution >= 0.6 is 0 Å². The van der Waals surface area contributed by atoms with Crippen LogP contribution in [0.5, 0.6) is 5.75 Å². The molecule has 0 aromatic heterocycles. The van der Waals surface area contributed by atoms with E-state index in [9.17, 15) is 39.5 Å². The Labute approximate surface area is 191 Å². The minimum Gasteiger partial charge on any atom is -0.429 e. The zero-order valence-corrected chi connectivity index (χ0v) is 17.5. The van der Waals surface area contributed by atoms with E-state index in [1.165, 1.54) is 0 Å². The number of alkyl halides is 5. The van der Waals surface area contributed by atoms with Crippen LogP contribution in [0, 0.1) is 29.2 Å².